The third kappa shape index (κ3) is 4.03. The third-order valence-corrected chi connectivity index (χ3v) is 4.60. The molecule has 0 aromatic heterocycles. The van der Waals surface area contributed by atoms with Crippen LogP contribution < -0.4 is 61.2 Å². The van der Waals surface area contributed by atoms with Gasteiger partial charge in [-0.3, -0.25) is 14.7 Å². The molecule has 0 spiro atoms. The molecule has 1 fully saturated rings. The molecule has 0 bridgehead atoms. The number of nitrogens with zero attached hydrogens (tertiary/aromatic N) is 2. The van der Waals surface area contributed by atoms with Crippen LogP contribution in [0.3, 0.4) is 0 Å². The Morgan fingerprint density at radius 2 is 2.12 bits per heavy atom. The van der Waals surface area contributed by atoms with Gasteiger partial charge < -0.3 is 14.9 Å². The first kappa shape index (κ1) is 19.5. The summed E-state index contributed by atoms with van der Waals surface area (Å²) in [6.45, 7) is -0.257. The molecule has 2 heterocycles. The van der Waals surface area contributed by atoms with Gasteiger partial charge in [0.1, 0.15) is 23.4 Å². The Hall–Kier alpha value is -0.844. The Morgan fingerprint density at radius 1 is 1.42 bits per heavy atom. The molecular formula is C15H13KN2O5S. The Labute approximate surface area is 185 Å². The topological polar surface area (TPSA) is 102 Å². The summed E-state index contributed by atoms with van der Waals surface area (Å²) < 4.78 is 5.29. The van der Waals surface area contributed by atoms with Gasteiger partial charge in [0, 0.05) is 5.75 Å². The van der Waals surface area contributed by atoms with Gasteiger partial charge in [-0.1, -0.05) is 18.2 Å². The smallest absolute Gasteiger partial charge is 0.860 e. The Morgan fingerprint density at radius 3 is 2.79 bits per heavy atom. The maximum absolute atomic E-state index is 12.0. The van der Waals surface area contributed by atoms with Crippen molar-refractivity contribution in [2.24, 2.45) is 4.99 Å². The Kier molecular flexibility index (Phi) is 6.90. The molecule has 2 aliphatic heterocycles. The van der Waals surface area contributed by atoms with Crippen molar-refractivity contribution in [3.63, 3.8) is 0 Å². The van der Waals surface area contributed by atoms with Gasteiger partial charge >= 0.3 is 57.4 Å². The number of aliphatic carboxylic acids is 1. The zero-order chi connectivity index (χ0) is 16.4. The van der Waals surface area contributed by atoms with E-state index >= 15 is 0 Å². The van der Waals surface area contributed by atoms with Gasteiger partial charge in [-0.2, -0.15) is 0 Å². The second kappa shape index (κ2) is 8.50. The van der Waals surface area contributed by atoms with Crippen molar-refractivity contribution in [2.75, 3.05) is 12.4 Å². The predicted molar refractivity (Wildman–Crippen MR) is 82.0 cm³/mol. The van der Waals surface area contributed by atoms with Gasteiger partial charge in [-0.05, 0) is 24.1 Å². The fourth-order valence-corrected chi connectivity index (χ4v) is 3.54. The van der Waals surface area contributed by atoms with Crippen molar-refractivity contribution in [1.82, 2.24) is 4.90 Å². The number of ether oxygens (including phenoxy) is 1. The number of benzene rings is 1. The van der Waals surface area contributed by atoms with Crippen LogP contribution in [0.15, 0.2) is 47.1 Å². The standard InChI is InChI=1S/C15H14N2O5S.K/c18-11(8-22-9-4-2-1-3-5-9)16-12-13(19)17-10(15(20)21)6-7-23-14(12)17;/h1-6,12,14H,7-8H2,(H,16,18)(H,20,21);/q;+1/p-1/t12-,14-;/m1./s1. The maximum Gasteiger partial charge on any atom is 1.00 e. The number of rotatable bonds is 5. The fraction of sp³-hybridized carbons (Fsp3) is 0.267. The first-order valence-electron chi connectivity index (χ1n) is 6.87. The van der Waals surface area contributed by atoms with E-state index in [9.17, 15) is 14.7 Å². The summed E-state index contributed by atoms with van der Waals surface area (Å²) in [7, 11) is 0. The monoisotopic (exact) mass is 372 g/mol. The Balaban J connectivity index is 0.00000208. The second-order valence-corrected chi connectivity index (χ2v) is 6.05. The second-order valence-electron chi connectivity index (χ2n) is 4.90. The summed E-state index contributed by atoms with van der Waals surface area (Å²) >= 11 is 1.38. The maximum atomic E-state index is 12.0. The van der Waals surface area contributed by atoms with Gasteiger partial charge in [-0.25, -0.2) is 4.79 Å². The van der Waals surface area contributed by atoms with E-state index in [2.05, 4.69) is 4.99 Å². The molecule has 1 amide bonds. The molecule has 0 radical (unpaired) electrons. The number of fused-ring (bicyclic) bond motifs is 1. The van der Waals surface area contributed by atoms with E-state index in [1.807, 2.05) is 6.07 Å². The van der Waals surface area contributed by atoms with Crippen molar-refractivity contribution < 1.29 is 75.9 Å². The van der Waals surface area contributed by atoms with Crippen LogP contribution in [0.5, 0.6) is 5.75 Å². The molecule has 2 aliphatic rings. The minimum Gasteiger partial charge on any atom is -0.860 e. The van der Waals surface area contributed by atoms with Crippen LogP contribution >= 0.6 is 11.8 Å². The SMILES string of the molecule is O=C(O)C1=CCS[C@@H]2[C@H](N=C([O-])COc3ccccc3)C(=O)N12.[K+]. The molecule has 120 valence electrons. The zero-order valence-corrected chi connectivity index (χ0v) is 16.9. The van der Waals surface area contributed by atoms with E-state index < -0.39 is 29.2 Å². The van der Waals surface area contributed by atoms with Crippen LogP contribution in [0.25, 0.3) is 0 Å². The van der Waals surface area contributed by atoms with Crippen LogP contribution in [0.1, 0.15) is 0 Å². The first-order valence-corrected chi connectivity index (χ1v) is 7.92. The molecular weight excluding hydrogens is 359 g/mol. The quantitative estimate of drug-likeness (QED) is 0.257. The molecule has 0 aliphatic carbocycles. The first-order chi connectivity index (χ1) is 11.1. The van der Waals surface area contributed by atoms with E-state index in [4.69, 9.17) is 9.84 Å². The number of carbonyl (C=O) groups is 2. The van der Waals surface area contributed by atoms with Crippen molar-refractivity contribution in [3.05, 3.63) is 42.1 Å². The van der Waals surface area contributed by atoms with E-state index in [1.165, 1.54) is 22.7 Å². The summed E-state index contributed by atoms with van der Waals surface area (Å²) in [4.78, 5) is 28.2. The summed E-state index contributed by atoms with van der Waals surface area (Å²) in [6, 6.07) is 7.98. The van der Waals surface area contributed by atoms with Gasteiger partial charge in [0.15, 0.2) is 6.04 Å². The number of para-hydroxylation sites is 1. The van der Waals surface area contributed by atoms with Gasteiger partial charge in [0.2, 0.25) is 0 Å². The average Bonchev–Trinajstić information content (AvgIpc) is 2.57. The molecule has 1 N–H and O–H groups in total. The summed E-state index contributed by atoms with van der Waals surface area (Å²) in [5.74, 6) is -1.15. The summed E-state index contributed by atoms with van der Waals surface area (Å²) in [5, 5.41) is 20.5. The average molecular weight is 372 g/mol. The molecule has 0 unspecified atom stereocenters. The molecule has 1 aromatic rings. The predicted octanol–water partition coefficient (Wildman–Crippen LogP) is -2.92. The fourth-order valence-electron chi connectivity index (χ4n) is 2.36. The van der Waals surface area contributed by atoms with E-state index in [1.54, 1.807) is 24.3 Å². The number of amides is 1. The Bertz CT molecular complexity index is 694. The molecule has 7 nitrogen and oxygen atoms in total. The van der Waals surface area contributed by atoms with Crippen molar-refractivity contribution in [3.8, 4) is 5.75 Å². The van der Waals surface area contributed by atoms with Crippen molar-refractivity contribution in [1.29, 1.82) is 0 Å². The number of hydrogen-bond donors (Lipinski definition) is 1. The van der Waals surface area contributed by atoms with Crippen molar-refractivity contribution in [2.45, 2.75) is 11.4 Å². The van der Waals surface area contributed by atoms with Gasteiger partial charge in [-0.15, -0.1) is 11.8 Å². The van der Waals surface area contributed by atoms with Gasteiger partial charge in [0.25, 0.3) is 5.91 Å². The molecule has 1 aromatic carbocycles. The van der Waals surface area contributed by atoms with Crippen LogP contribution in [0.4, 0.5) is 0 Å². The number of carbonyl (C=O) groups excluding carboxylic acids is 1. The third-order valence-electron chi connectivity index (χ3n) is 3.43. The largest absolute Gasteiger partial charge is 1.00 e. The summed E-state index contributed by atoms with van der Waals surface area (Å²) in [6.07, 6.45) is 1.48. The minimum atomic E-state index is -1.15. The number of carboxylic acids is 1. The van der Waals surface area contributed by atoms with Crippen LogP contribution in [0.2, 0.25) is 0 Å². The van der Waals surface area contributed by atoms with E-state index in [-0.39, 0.29) is 63.7 Å². The number of thioether (sulfide) groups is 1. The summed E-state index contributed by atoms with van der Waals surface area (Å²) in [5.41, 5.74) is -0.0433. The van der Waals surface area contributed by atoms with E-state index in [0.717, 1.165) is 0 Å². The molecule has 24 heavy (non-hydrogen) atoms. The normalized spacial score (nSPS) is 22.7. The molecule has 2 atom stereocenters. The zero-order valence-electron chi connectivity index (χ0n) is 12.9. The molecule has 0 saturated carbocycles. The number of carboxylic acid groups (broad SMARTS) is 1. The minimum absolute atomic E-state index is 0. The number of hydrogen-bond acceptors (Lipinski definition) is 6. The van der Waals surface area contributed by atoms with Crippen LogP contribution in [-0.2, 0) is 9.59 Å². The number of aliphatic imine (C=N–C) groups is 1. The molecule has 3 rings (SSSR count). The van der Waals surface area contributed by atoms with E-state index in [0.29, 0.717) is 11.5 Å². The van der Waals surface area contributed by atoms with Crippen molar-refractivity contribution >= 4 is 29.5 Å². The van der Waals surface area contributed by atoms with Crippen LogP contribution in [-0.4, -0.2) is 51.6 Å². The molecule has 9 heteroatoms. The van der Waals surface area contributed by atoms with Gasteiger partial charge in [0.05, 0.1) is 0 Å². The molecule has 1 saturated heterocycles. The van der Waals surface area contributed by atoms with Crippen LogP contribution in [0, 0.1) is 0 Å². The number of β-lactam (4-membered cyclic amide) rings is 1.